The number of nitrogens with zero attached hydrogens (tertiary/aromatic N) is 1. The molecule has 0 aromatic carbocycles. The first kappa shape index (κ1) is 72.9. The lowest BCUT2D eigenvalue weighted by molar-refractivity contribution is -0.870. The molecule has 0 N–H and O–H groups in total. The zero-order chi connectivity index (χ0) is 55.6. The Kier molecular flexibility index (Phi) is 54.4. The highest BCUT2D eigenvalue weighted by Crippen LogP contribution is 2.38. The minimum atomic E-state index is -4.65. The molecule has 10 heteroatoms. The maximum absolute atomic E-state index is 12.8. The summed E-state index contributed by atoms with van der Waals surface area (Å²) in [6, 6.07) is 0. The van der Waals surface area contributed by atoms with Gasteiger partial charge in [0.05, 0.1) is 27.7 Å². The number of allylic oxidation sites excluding steroid dienone is 16. The van der Waals surface area contributed by atoms with Crippen LogP contribution in [0.3, 0.4) is 0 Å². The van der Waals surface area contributed by atoms with Gasteiger partial charge in [0.25, 0.3) is 7.82 Å². The molecule has 0 saturated carbocycles. The number of hydrogen-bond acceptors (Lipinski definition) is 8. The number of unbranched alkanes of at least 4 members (excludes halogenated alkanes) is 26. The van der Waals surface area contributed by atoms with Crippen LogP contribution in [0.25, 0.3) is 0 Å². The Morgan fingerprint density at radius 2 is 0.750 bits per heavy atom. The van der Waals surface area contributed by atoms with Crippen molar-refractivity contribution in [2.45, 2.75) is 264 Å². The largest absolute Gasteiger partial charge is 0.756 e. The molecule has 0 spiro atoms. The number of ether oxygens (including phenoxy) is 2. The molecule has 76 heavy (non-hydrogen) atoms. The van der Waals surface area contributed by atoms with Crippen molar-refractivity contribution in [2.75, 3.05) is 47.5 Å². The standard InChI is InChI=1S/C66H116NO8P/c1-6-8-10-12-14-16-18-20-22-24-26-28-30-31-32-33-34-35-37-39-41-43-45-47-49-51-53-55-57-59-66(69)75-64(63-74-76(70,71)73-61-60-67(3,4)5)62-72-65(68)58-56-54-52-50-48-46-44-42-40-38-36-29-27-25-23-21-19-17-15-13-11-9-7-2/h8,10,14,16,19-22,25-28,31-32,34-35,64H,6-7,9,11-13,15,17-18,23-24,29-30,33,36-63H2,1-5H3/b10-8-,16-14-,21-19-,22-20-,27-25-,28-26-,32-31-,35-34-. The van der Waals surface area contributed by atoms with Crippen molar-refractivity contribution in [1.29, 1.82) is 0 Å². The summed E-state index contributed by atoms with van der Waals surface area (Å²) >= 11 is 0. The molecule has 0 heterocycles. The number of quaternary nitrogens is 1. The first-order chi connectivity index (χ1) is 37.0. The van der Waals surface area contributed by atoms with Gasteiger partial charge in [-0.25, -0.2) is 0 Å². The molecular formula is C66H116NO8P. The van der Waals surface area contributed by atoms with Crippen molar-refractivity contribution >= 4 is 19.8 Å². The van der Waals surface area contributed by atoms with Crippen molar-refractivity contribution < 1.29 is 42.1 Å². The average molecular weight is 1080 g/mol. The van der Waals surface area contributed by atoms with E-state index in [1.54, 1.807) is 0 Å². The summed E-state index contributed by atoms with van der Waals surface area (Å²) < 4.78 is 34.2. The van der Waals surface area contributed by atoms with Crippen LogP contribution in [0.2, 0.25) is 0 Å². The van der Waals surface area contributed by atoms with Crippen molar-refractivity contribution in [1.82, 2.24) is 0 Å². The normalized spacial score (nSPS) is 13.9. The van der Waals surface area contributed by atoms with E-state index in [2.05, 4.69) is 111 Å². The smallest absolute Gasteiger partial charge is 0.306 e. The van der Waals surface area contributed by atoms with Crippen LogP contribution in [-0.2, 0) is 32.7 Å². The second kappa shape index (κ2) is 56.6. The van der Waals surface area contributed by atoms with Crippen LogP contribution in [0.5, 0.6) is 0 Å². The fourth-order valence-electron chi connectivity index (χ4n) is 8.34. The number of rotatable bonds is 56. The first-order valence-electron chi connectivity index (χ1n) is 30.9. The molecule has 0 aliphatic carbocycles. The molecule has 0 radical (unpaired) electrons. The first-order valence-corrected chi connectivity index (χ1v) is 32.4. The third-order valence-corrected chi connectivity index (χ3v) is 14.1. The van der Waals surface area contributed by atoms with E-state index in [0.29, 0.717) is 17.4 Å². The Hall–Kier alpha value is -3.07. The minimum Gasteiger partial charge on any atom is -0.756 e. The topological polar surface area (TPSA) is 111 Å². The average Bonchev–Trinajstić information content (AvgIpc) is 3.38. The van der Waals surface area contributed by atoms with Crippen LogP contribution in [0.1, 0.15) is 258 Å². The number of esters is 2. The van der Waals surface area contributed by atoms with Crippen molar-refractivity contribution in [2.24, 2.45) is 0 Å². The van der Waals surface area contributed by atoms with Crippen LogP contribution >= 0.6 is 7.82 Å². The highest BCUT2D eigenvalue weighted by Gasteiger charge is 2.22. The maximum atomic E-state index is 12.8. The second-order valence-electron chi connectivity index (χ2n) is 21.7. The van der Waals surface area contributed by atoms with Gasteiger partial charge in [0.2, 0.25) is 0 Å². The molecule has 9 nitrogen and oxygen atoms in total. The highest BCUT2D eigenvalue weighted by molar-refractivity contribution is 7.45. The van der Waals surface area contributed by atoms with Gasteiger partial charge in [0, 0.05) is 12.8 Å². The van der Waals surface area contributed by atoms with Crippen molar-refractivity contribution in [3.05, 3.63) is 97.2 Å². The summed E-state index contributed by atoms with van der Waals surface area (Å²) in [4.78, 5) is 38.0. The molecule has 0 aliphatic heterocycles. The van der Waals surface area contributed by atoms with Crippen LogP contribution < -0.4 is 4.89 Å². The van der Waals surface area contributed by atoms with Gasteiger partial charge < -0.3 is 27.9 Å². The van der Waals surface area contributed by atoms with E-state index in [9.17, 15) is 19.0 Å². The molecule has 438 valence electrons. The quantitative estimate of drug-likeness (QED) is 0.0195. The number of phosphoric acid groups is 1. The fourth-order valence-corrected chi connectivity index (χ4v) is 9.07. The zero-order valence-corrected chi connectivity index (χ0v) is 50.6. The number of likely N-dealkylation sites (N-methyl/N-ethyl adjacent to an activating group) is 1. The van der Waals surface area contributed by atoms with Gasteiger partial charge >= 0.3 is 11.9 Å². The lowest BCUT2D eigenvalue weighted by atomic mass is 10.0. The van der Waals surface area contributed by atoms with Crippen LogP contribution in [0, 0.1) is 0 Å². The Morgan fingerprint density at radius 1 is 0.421 bits per heavy atom. The molecule has 0 fully saturated rings. The van der Waals surface area contributed by atoms with E-state index < -0.39 is 26.5 Å². The van der Waals surface area contributed by atoms with Crippen molar-refractivity contribution in [3.8, 4) is 0 Å². The number of carbonyl (C=O) groups excluding carboxylic acids is 2. The number of hydrogen-bond donors (Lipinski definition) is 0. The van der Waals surface area contributed by atoms with Gasteiger partial charge in [-0.05, 0) is 96.3 Å². The lowest BCUT2D eigenvalue weighted by Crippen LogP contribution is -2.37. The Bertz CT molecular complexity index is 1600. The predicted molar refractivity (Wildman–Crippen MR) is 323 cm³/mol. The van der Waals surface area contributed by atoms with Gasteiger partial charge in [-0.15, -0.1) is 0 Å². The Balaban J connectivity index is 4.16. The molecule has 2 atom stereocenters. The van der Waals surface area contributed by atoms with E-state index >= 15 is 0 Å². The van der Waals surface area contributed by atoms with Gasteiger partial charge in [0.1, 0.15) is 19.8 Å². The lowest BCUT2D eigenvalue weighted by Gasteiger charge is -2.28. The Labute approximate surface area is 468 Å². The van der Waals surface area contributed by atoms with E-state index in [-0.39, 0.29) is 32.0 Å². The summed E-state index contributed by atoms with van der Waals surface area (Å²) in [6.07, 6.45) is 77.4. The molecule has 2 unspecified atom stereocenters. The minimum absolute atomic E-state index is 0.0360. The van der Waals surface area contributed by atoms with Gasteiger partial charge in [0.15, 0.2) is 6.10 Å². The number of carbonyl (C=O) groups is 2. The molecule has 0 amide bonds. The summed E-state index contributed by atoms with van der Waals surface area (Å²) in [6.45, 7) is 4.12. The zero-order valence-electron chi connectivity index (χ0n) is 49.7. The number of phosphoric ester groups is 1. The molecular weight excluding hydrogens is 966 g/mol. The summed E-state index contributed by atoms with van der Waals surface area (Å²) in [5.74, 6) is -0.840. The van der Waals surface area contributed by atoms with Crippen LogP contribution in [0.4, 0.5) is 0 Å². The third kappa shape index (κ3) is 60.2. The Morgan fingerprint density at radius 3 is 1.12 bits per heavy atom. The SMILES string of the molecule is CC/C=C\C/C=C\C/C=C\C/C=C\C/C=C\C/C=C\CCCCCCCCCCCCC(=O)OC(COC(=O)CCCCCCCCCCCCC/C=C\C/C=C\CCCCCCC)COP(=O)([O-])OCC[N+](C)(C)C. The predicted octanol–water partition coefficient (Wildman–Crippen LogP) is 19.0. The van der Waals surface area contributed by atoms with Crippen LogP contribution in [-0.4, -0.2) is 70.0 Å². The summed E-state index contributed by atoms with van der Waals surface area (Å²) in [7, 11) is 1.16. The second-order valence-corrected chi connectivity index (χ2v) is 23.1. The monoisotopic (exact) mass is 1080 g/mol. The van der Waals surface area contributed by atoms with Gasteiger partial charge in [-0.3, -0.25) is 14.2 Å². The molecule has 0 aromatic heterocycles. The summed E-state index contributed by atoms with van der Waals surface area (Å²) in [5.41, 5.74) is 0. The molecule has 0 saturated heterocycles. The van der Waals surface area contributed by atoms with Gasteiger partial charge in [-0.2, -0.15) is 0 Å². The van der Waals surface area contributed by atoms with Crippen molar-refractivity contribution in [3.63, 3.8) is 0 Å². The van der Waals surface area contributed by atoms with E-state index in [1.165, 1.54) is 135 Å². The summed E-state index contributed by atoms with van der Waals surface area (Å²) in [5, 5.41) is 0. The van der Waals surface area contributed by atoms with E-state index in [1.807, 2.05) is 21.1 Å². The van der Waals surface area contributed by atoms with E-state index in [4.69, 9.17) is 18.5 Å². The molecule has 0 aliphatic rings. The maximum Gasteiger partial charge on any atom is 0.306 e. The van der Waals surface area contributed by atoms with Crippen LogP contribution in [0.15, 0.2) is 97.2 Å². The fraction of sp³-hybridized carbons (Fsp3) is 0.727. The third-order valence-electron chi connectivity index (χ3n) is 13.1. The molecule has 0 aromatic rings. The molecule has 0 rings (SSSR count). The highest BCUT2D eigenvalue weighted by atomic mass is 31.2. The van der Waals surface area contributed by atoms with E-state index in [0.717, 1.165) is 89.9 Å². The molecule has 0 bridgehead atoms. The van der Waals surface area contributed by atoms with Gasteiger partial charge in [-0.1, -0.05) is 246 Å².